The first-order chi connectivity index (χ1) is 12.7. The van der Waals surface area contributed by atoms with Crippen LogP contribution in [0.2, 0.25) is 0 Å². The Morgan fingerprint density at radius 1 is 1.27 bits per heavy atom. The van der Waals surface area contributed by atoms with E-state index < -0.39 is 0 Å². The molecule has 0 bridgehead atoms. The molecule has 136 valence electrons. The normalized spacial score (nSPS) is 15.3. The lowest BCUT2D eigenvalue weighted by molar-refractivity contribution is 0.0932. The molecule has 0 spiro atoms. The number of aromatic nitrogens is 2. The maximum absolute atomic E-state index is 12.7. The molecule has 0 radical (unpaired) electrons. The molecule has 6 heteroatoms. The monoisotopic (exact) mass is 369 g/mol. The van der Waals surface area contributed by atoms with E-state index in [1.807, 2.05) is 42.1 Å². The number of ether oxygens (including phenoxy) is 1. The van der Waals surface area contributed by atoms with E-state index in [1.165, 1.54) is 30.6 Å². The molecule has 2 heterocycles. The highest BCUT2D eigenvalue weighted by atomic mass is 32.1. The Hall–Kier alpha value is -2.34. The fourth-order valence-corrected chi connectivity index (χ4v) is 4.61. The van der Waals surface area contributed by atoms with Crippen molar-refractivity contribution in [2.45, 2.75) is 38.1 Å². The molecular formula is C20H23N3O2S. The van der Waals surface area contributed by atoms with E-state index in [0.29, 0.717) is 6.04 Å². The molecule has 0 atom stereocenters. The minimum absolute atomic E-state index is 0.0368. The van der Waals surface area contributed by atoms with Crippen molar-refractivity contribution in [3.05, 3.63) is 35.2 Å². The quantitative estimate of drug-likeness (QED) is 0.743. The van der Waals surface area contributed by atoms with Crippen molar-refractivity contribution in [3.8, 4) is 17.0 Å². The van der Waals surface area contributed by atoms with Crippen molar-refractivity contribution in [2.75, 3.05) is 7.11 Å². The van der Waals surface area contributed by atoms with Gasteiger partial charge in [0.15, 0.2) is 0 Å². The van der Waals surface area contributed by atoms with Gasteiger partial charge in [-0.2, -0.15) is 5.10 Å². The summed E-state index contributed by atoms with van der Waals surface area (Å²) in [6.45, 7) is 0. The number of rotatable bonds is 4. The second-order valence-corrected chi connectivity index (χ2v) is 7.87. The average molecular weight is 369 g/mol. The van der Waals surface area contributed by atoms with Gasteiger partial charge in [0.2, 0.25) is 0 Å². The molecule has 1 fully saturated rings. The lowest BCUT2D eigenvalue weighted by Crippen LogP contribution is -2.35. The SMILES string of the molecule is COc1cccc(-c2nn(C)c3sc(C(=O)NC4CCCCC4)cc23)c1. The molecule has 5 nitrogen and oxygen atoms in total. The van der Waals surface area contributed by atoms with Crippen LogP contribution in [0.3, 0.4) is 0 Å². The summed E-state index contributed by atoms with van der Waals surface area (Å²) in [6, 6.07) is 10.2. The lowest BCUT2D eigenvalue weighted by atomic mass is 9.95. The second kappa shape index (κ2) is 7.11. The number of aryl methyl sites for hydroxylation is 1. The third kappa shape index (κ3) is 3.21. The molecule has 1 aliphatic carbocycles. The predicted octanol–water partition coefficient (Wildman–Crippen LogP) is 4.37. The van der Waals surface area contributed by atoms with Crippen LogP contribution in [0.25, 0.3) is 21.5 Å². The number of hydrogen-bond donors (Lipinski definition) is 1. The first-order valence-corrected chi connectivity index (χ1v) is 9.89. The third-order valence-electron chi connectivity index (χ3n) is 5.02. The van der Waals surface area contributed by atoms with Crippen molar-refractivity contribution in [2.24, 2.45) is 7.05 Å². The van der Waals surface area contributed by atoms with E-state index in [9.17, 15) is 4.79 Å². The Labute approximate surface area is 157 Å². The predicted molar refractivity (Wildman–Crippen MR) is 105 cm³/mol. The number of amides is 1. The minimum atomic E-state index is 0.0368. The van der Waals surface area contributed by atoms with E-state index in [0.717, 1.165) is 44.9 Å². The summed E-state index contributed by atoms with van der Waals surface area (Å²) >= 11 is 1.50. The van der Waals surface area contributed by atoms with Crippen LogP contribution >= 0.6 is 11.3 Å². The molecule has 0 saturated heterocycles. The molecule has 0 aliphatic heterocycles. The standard InChI is InChI=1S/C20H23N3O2S/c1-23-20-16(18(22-23)13-7-6-10-15(11-13)25-2)12-17(26-20)19(24)21-14-8-4-3-5-9-14/h6-7,10-12,14H,3-5,8-9H2,1-2H3,(H,21,24). The van der Waals surface area contributed by atoms with Gasteiger partial charge in [-0.15, -0.1) is 11.3 Å². The highest BCUT2D eigenvalue weighted by Crippen LogP contribution is 2.35. The van der Waals surface area contributed by atoms with Gasteiger partial charge in [-0.1, -0.05) is 31.4 Å². The minimum Gasteiger partial charge on any atom is -0.497 e. The van der Waals surface area contributed by atoms with Crippen LogP contribution in [0.1, 0.15) is 41.8 Å². The molecular weight excluding hydrogens is 346 g/mol. The van der Waals surface area contributed by atoms with E-state index in [-0.39, 0.29) is 5.91 Å². The van der Waals surface area contributed by atoms with E-state index in [1.54, 1.807) is 7.11 Å². The zero-order chi connectivity index (χ0) is 18.1. The summed E-state index contributed by atoms with van der Waals surface area (Å²) < 4.78 is 7.18. The highest BCUT2D eigenvalue weighted by molar-refractivity contribution is 7.20. The number of nitrogens with zero attached hydrogens (tertiary/aromatic N) is 2. The molecule has 26 heavy (non-hydrogen) atoms. The molecule has 1 saturated carbocycles. The van der Waals surface area contributed by atoms with Crippen LogP contribution in [-0.2, 0) is 7.05 Å². The maximum atomic E-state index is 12.7. The number of benzene rings is 1. The number of methoxy groups -OCH3 is 1. The van der Waals surface area contributed by atoms with Crippen molar-refractivity contribution in [1.29, 1.82) is 0 Å². The van der Waals surface area contributed by atoms with Gasteiger partial charge in [-0.25, -0.2) is 0 Å². The fourth-order valence-electron chi connectivity index (χ4n) is 3.64. The topological polar surface area (TPSA) is 56.2 Å². The zero-order valence-corrected chi connectivity index (χ0v) is 15.9. The van der Waals surface area contributed by atoms with Crippen LogP contribution in [0.4, 0.5) is 0 Å². The van der Waals surface area contributed by atoms with Gasteiger partial charge in [0.1, 0.15) is 16.3 Å². The molecule has 4 rings (SSSR count). The van der Waals surface area contributed by atoms with Gasteiger partial charge in [0.25, 0.3) is 5.91 Å². The largest absolute Gasteiger partial charge is 0.497 e. The van der Waals surface area contributed by atoms with Gasteiger partial charge in [-0.05, 0) is 31.0 Å². The zero-order valence-electron chi connectivity index (χ0n) is 15.1. The Morgan fingerprint density at radius 2 is 2.08 bits per heavy atom. The summed E-state index contributed by atoms with van der Waals surface area (Å²) in [4.78, 5) is 14.5. The van der Waals surface area contributed by atoms with Crippen LogP contribution in [0, 0.1) is 0 Å². The number of hydrogen-bond acceptors (Lipinski definition) is 4. The summed E-state index contributed by atoms with van der Waals surface area (Å²) in [5, 5.41) is 8.87. The van der Waals surface area contributed by atoms with Crippen LogP contribution in [0.15, 0.2) is 30.3 Å². The number of nitrogens with one attached hydrogen (secondary N) is 1. The lowest BCUT2D eigenvalue weighted by Gasteiger charge is -2.22. The summed E-state index contributed by atoms with van der Waals surface area (Å²) in [5.74, 6) is 0.835. The Morgan fingerprint density at radius 3 is 2.85 bits per heavy atom. The van der Waals surface area contributed by atoms with Crippen molar-refractivity contribution in [3.63, 3.8) is 0 Å². The van der Waals surface area contributed by atoms with Crippen molar-refractivity contribution < 1.29 is 9.53 Å². The summed E-state index contributed by atoms with van der Waals surface area (Å²) in [5.41, 5.74) is 1.88. The molecule has 0 unspecified atom stereocenters. The van der Waals surface area contributed by atoms with Crippen LogP contribution < -0.4 is 10.1 Å². The number of thiophene rings is 1. The van der Waals surface area contributed by atoms with Gasteiger partial charge >= 0.3 is 0 Å². The molecule has 3 aromatic rings. The maximum Gasteiger partial charge on any atom is 0.261 e. The first kappa shape index (κ1) is 17.1. The number of carbonyl (C=O) groups is 1. The van der Waals surface area contributed by atoms with Gasteiger partial charge in [0, 0.05) is 24.0 Å². The first-order valence-electron chi connectivity index (χ1n) is 9.07. The summed E-state index contributed by atoms with van der Waals surface area (Å²) in [6.07, 6.45) is 5.88. The van der Waals surface area contributed by atoms with Gasteiger partial charge in [0.05, 0.1) is 12.0 Å². The Bertz CT molecular complexity index is 938. The van der Waals surface area contributed by atoms with Gasteiger partial charge in [-0.3, -0.25) is 9.48 Å². The molecule has 1 amide bonds. The Balaban J connectivity index is 1.65. The highest BCUT2D eigenvalue weighted by Gasteiger charge is 2.21. The van der Waals surface area contributed by atoms with Crippen molar-refractivity contribution in [1.82, 2.24) is 15.1 Å². The molecule has 1 aliphatic rings. The average Bonchev–Trinajstić information content (AvgIpc) is 3.23. The van der Waals surface area contributed by atoms with Crippen molar-refractivity contribution >= 4 is 27.5 Å². The number of fused-ring (bicyclic) bond motifs is 1. The Kier molecular flexibility index (Phi) is 4.68. The van der Waals surface area contributed by atoms with E-state index in [4.69, 9.17) is 4.74 Å². The van der Waals surface area contributed by atoms with Crippen LogP contribution in [-0.4, -0.2) is 28.8 Å². The van der Waals surface area contributed by atoms with E-state index >= 15 is 0 Å². The molecule has 2 aromatic heterocycles. The van der Waals surface area contributed by atoms with Gasteiger partial charge < -0.3 is 10.1 Å². The third-order valence-corrected chi connectivity index (χ3v) is 6.22. The molecule has 1 N–H and O–H groups in total. The number of carbonyl (C=O) groups excluding carboxylic acids is 1. The van der Waals surface area contributed by atoms with E-state index in [2.05, 4.69) is 10.4 Å². The second-order valence-electron chi connectivity index (χ2n) is 6.84. The molecule has 1 aromatic carbocycles. The fraction of sp³-hybridized carbons (Fsp3) is 0.400. The smallest absolute Gasteiger partial charge is 0.261 e. The summed E-state index contributed by atoms with van der Waals surface area (Å²) in [7, 11) is 3.58. The van der Waals surface area contributed by atoms with Crippen LogP contribution in [0.5, 0.6) is 5.75 Å².